The molecule has 0 aromatic carbocycles. The highest BCUT2D eigenvalue weighted by Crippen LogP contribution is 1.92. The fourth-order valence-electron chi connectivity index (χ4n) is 1.40. The molecule has 5 nitrogen and oxygen atoms in total. The second-order valence-electron chi connectivity index (χ2n) is 3.68. The number of aryl methyl sites for hydroxylation is 1. The van der Waals surface area contributed by atoms with Gasteiger partial charge in [-0.2, -0.15) is 0 Å². The van der Waals surface area contributed by atoms with Gasteiger partial charge in [0.2, 0.25) is 5.91 Å². The van der Waals surface area contributed by atoms with Gasteiger partial charge in [-0.05, 0) is 19.9 Å². The van der Waals surface area contributed by atoms with Crippen molar-refractivity contribution >= 4 is 5.91 Å². The molecule has 84 valence electrons. The number of nitrogens with two attached hydrogens (primary N) is 1. The summed E-state index contributed by atoms with van der Waals surface area (Å²) in [5, 5.41) is 3.24. The van der Waals surface area contributed by atoms with Crippen LogP contribution in [0.25, 0.3) is 0 Å². The first-order chi connectivity index (χ1) is 7.18. The van der Waals surface area contributed by atoms with Crippen LogP contribution in [0.3, 0.4) is 0 Å². The number of primary amides is 1. The van der Waals surface area contributed by atoms with E-state index in [0.717, 1.165) is 19.5 Å². The first kappa shape index (κ1) is 11.7. The van der Waals surface area contributed by atoms with Crippen molar-refractivity contribution in [1.82, 2.24) is 14.9 Å². The largest absolute Gasteiger partial charge is 0.370 e. The molecule has 1 heterocycles. The molecule has 1 aromatic rings. The van der Waals surface area contributed by atoms with Gasteiger partial charge in [-0.3, -0.25) is 4.79 Å². The van der Waals surface area contributed by atoms with Crippen molar-refractivity contribution in [2.45, 2.75) is 32.4 Å². The number of nitrogens with zero attached hydrogens (tertiary/aromatic N) is 2. The van der Waals surface area contributed by atoms with E-state index in [2.05, 4.69) is 10.3 Å². The number of rotatable bonds is 7. The topological polar surface area (TPSA) is 72.9 Å². The van der Waals surface area contributed by atoms with Gasteiger partial charge in [0.25, 0.3) is 0 Å². The average molecular weight is 210 g/mol. The Balaban J connectivity index is 2.04. The number of nitrogens with one attached hydrogen (secondary N) is 1. The van der Waals surface area contributed by atoms with E-state index in [-0.39, 0.29) is 11.9 Å². The van der Waals surface area contributed by atoms with Gasteiger partial charge in [-0.25, -0.2) is 4.98 Å². The standard InChI is InChI=1S/C10H18N4O/c1-9(7-10(11)15)13-3-2-5-14-6-4-12-8-14/h4,6,8-9,13H,2-3,5,7H2,1H3,(H2,11,15). The smallest absolute Gasteiger partial charge is 0.218 e. The molecule has 1 rings (SSSR count). The maximum atomic E-state index is 10.6. The van der Waals surface area contributed by atoms with Gasteiger partial charge >= 0.3 is 0 Å². The fourth-order valence-corrected chi connectivity index (χ4v) is 1.40. The van der Waals surface area contributed by atoms with Crippen molar-refractivity contribution in [2.75, 3.05) is 6.54 Å². The highest BCUT2D eigenvalue weighted by atomic mass is 16.1. The summed E-state index contributed by atoms with van der Waals surface area (Å²) in [5.74, 6) is -0.260. The molecule has 0 aliphatic heterocycles. The molecule has 0 spiro atoms. The van der Waals surface area contributed by atoms with Crippen molar-refractivity contribution < 1.29 is 4.79 Å². The minimum absolute atomic E-state index is 0.158. The molecule has 15 heavy (non-hydrogen) atoms. The third kappa shape index (κ3) is 5.17. The van der Waals surface area contributed by atoms with Crippen LogP contribution >= 0.6 is 0 Å². The van der Waals surface area contributed by atoms with Crippen LogP contribution in [0.15, 0.2) is 18.7 Å². The number of aromatic nitrogens is 2. The van der Waals surface area contributed by atoms with E-state index in [1.165, 1.54) is 0 Å². The van der Waals surface area contributed by atoms with Crippen LogP contribution in [0.2, 0.25) is 0 Å². The molecule has 0 bridgehead atoms. The van der Waals surface area contributed by atoms with Crippen LogP contribution in [0.4, 0.5) is 0 Å². The lowest BCUT2D eigenvalue weighted by atomic mass is 10.2. The molecule has 0 radical (unpaired) electrons. The summed E-state index contributed by atoms with van der Waals surface area (Å²) < 4.78 is 2.03. The second-order valence-corrected chi connectivity index (χ2v) is 3.68. The van der Waals surface area contributed by atoms with Crippen molar-refractivity contribution in [3.05, 3.63) is 18.7 Å². The molecule has 1 amide bonds. The molecular formula is C10H18N4O. The van der Waals surface area contributed by atoms with E-state index in [1.807, 2.05) is 17.7 Å². The normalized spacial score (nSPS) is 12.6. The summed E-state index contributed by atoms with van der Waals surface area (Å²) in [6.45, 7) is 3.78. The summed E-state index contributed by atoms with van der Waals surface area (Å²) in [6.07, 6.45) is 6.91. The fraction of sp³-hybridized carbons (Fsp3) is 0.600. The molecule has 3 N–H and O–H groups in total. The third-order valence-electron chi connectivity index (χ3n) is 2.15. The minimum Gasteiger partial charge on any atom is -0.370 e. The molecule has 5 heteroatoms. The number of carbonyl (C=O) groups is 1. The van der Waals surface area contributed by atoms with Crippen molar-refractivity contribution in [2.24, 2.45) is 5.73 Å². The summed E-state index contributed by atoms with van der Waals surface area (Å²) in [6, 6.07) is 0.158. The Kier molecular flexibility index (Phi) is 4.83. The summed E-state index contributed by atoms with van der Waals surface area (Å²) in [4.78, 5) is 14.6. The Morgan fingerprint density at radius 1 is 1.67 bits per heavy atom. The Labute approximate surface area is 89.7 Å². The molecular weight excluding hydrogens is 192 g/mol. The molecule has 0 aliphatic carbocycles. The Morgan fingerprint density at radius 2 is 2.47 bits per heavy atom. The van der Waals surface area contributed by atoms with Crippen molar-refractivity contribution in [3.63, 3.8) is 0 Å². The first-order valence-electron chi connectivity index (χ1n) is 5.16. The minimum atomic E-state index is -0.260. The zero-order valence-corrected chi connectivity index (χ0v) is 9.02. The van der Waals surface area contributed by atoms with Gasteiger partial charge < -0.3 is 15.6 Å². The number of amides is 1. The van der Waals surface area contributed by atoms with Crippen LogP contribution < -0.4 is 11.1 Å². The quantitative estimate of drug-likeness (QED) is 0.628. The lowest BCUT2D eigenvalue weighted by Gasteiger charge is -2.11. The number of imidazole rings is 1. The Hall–Kier alpha value is -1.36. The van der Waals surface area contributed by atoms with E-state index >= 15 is 0 Å². The van der Waals surface area contributed by atoms with Gasteiger partial charge in [0.1, 0.15) is 0 Å². The highest BCUT2D eigenvalue weighted by Gasteiger charge is 2.03. The van der Waals surface area contributed by atoms with Gasteiger partial charge in [0.15, 0.2) is 0 Å². The monoisotopic (exact) mass is 210 g/mol. The summed E-state index contributed by atoms with van der Waals surface area (Å²) in [5.41, 5.74) is 5.08. The Morgan fingerprint density at radius 3 is 3.07 bits per heavy atom. The van der Waals surface area contributed by atoms with Crippen molar-refractivity contribution in [3.8, 4) is 0 Å². The van der Waals surface area contributed by atoms with E-state index < -0.39 is 0 Å². The van der Waals surface area contributed by atoms with E-state index in [1.54, 1.807) is 12.5 Å². The SMILES string of the molecule is CC(CC(N)=O)NCCCn1ccnc1. The molecule has 1 unspecified atom stereocenters. The van der Waals surface area contributed by atoms with Gasteiger partial charge in [-0.15, -0.1) is 0 Å². The second kappa shape index (κ2) is 6.19. The van der Waals surface area contributed by atoms with Gasteiger partial charge in [0, 0.05) is 31.4 Å². The van der Waals surface area contributed by atoms with Gasteiger partial charge in [-0.1, -0.05) is 0 Å². The lowest BCUT2D eigenvalue weighted by Crippen LogP contribution is -2.31. The van der Waals surface area contributed by atoms with E-state index in [0.29, 0.717) is 6.42 Å². The lowest BCUT2D eigenvalue weighted by molar-refractivity contribution is -0.118. The zero-order valence-electron chi connectivity index (χ0n) is 9.02. The molecule has 0 saturated carbocycles. The van der Waals surface area contributed by atoms with Crippen LogP contribution in [-0.4, -0.2) is 28.0 Å². The zero-order chi connectivity index (χ0) is 11.1. The maximum absolute atomic E-state index is 10.6. The Bertz CT molecular complexity index is 284. The molecule has 1 atom stereocenters. The molecule has 0 fully saturated rings. The molecule has 0 saturated heterocycles. The predicted octanol–water partition coefficient (Wildman–Crippen LogP) is 0.127. The first-order valence-corrected chi connectivity index (χ1v) is 5.16. The summed E-state index contributed by atoms with van der Waals surface area (Å²) >= 11 is 0. The molecule has 0 aliphatic rings. The predicted molar refractivity (Wildman–Crippen MR) is 58.1 cm³/mol. The number of hydrogen-bond acceptors (Lipinski definition) is 3. The summed E-state index contributed by atoms with van der Waals surface area (Å²) in [7, 11) is 0. The van der Waals surface area contributed by atoms with Crippen LogP contribution in [0.5, 0.6) is 0 Å². The maximum Gasteiger partial charge on any atom is 0.218 e. The third-order valence-corrected chi connectivity index (χ3v) is 2.15. The van der Waals surface area contributed by atoms with Crippen LogP contribution in [0.1, 0.15) is 19.8 Å². The number of carbonyl (C=O) groups excluding carboxylic acids is 1. The number of hydrogen-bond donors (Lipinski definition) is 2. The molecule has 1 aromatic heterocycles. The van der Waals surface area contributed by atoms with Crippen molar-refractivity contribution in [1.29, 1.82) is 0 Å². The van der Waals surface area contributed by atoms with Crippen LogP contribution in [0, 0.1) is 0 Å². The van der Waals surface area contributed by atoms with Gasteiger partial charge in [0.05, 0.1) is 6.33 Å². The average Bonchev–Trinajstić information content (AvgIpc) is 2.63. The van der Waals surface area contributed by atoms with Crippen LogP contribution in [-0.2, 0) is 11.3 Å². The van der Waals surface area contributed by atoms with E-state index in [4.69, 9.17) is 5.73 Å². The highest BCUT2D eigenvalue weighted by molar-refractivity contribution is 5.74. The van der Waals surface area contributed by atoms with E-state index in [9.17, 15) is 4.79 Å².